The number of halogens is 1. The number of amides is 3. The Morgan fingerprint density at radius 2 is 2.00 bits per heavy atom. The van der Waals surface area contributed by atoms with Crippen molar-refractivity contribution in [3.05, 3.63) is 41.2 Å². The number of allylic oxidation sites excluding steroid dienone is 1. The Labute approximate surface area is 168 Å². The van der Waals surface area contributed by atoms with Crippen molar-refractivity contribution in [3.63, 3.8) is 0 Å². The van der Waals surface area contributed by atoms with E-state index in [1.54, 1.807) is 0 Å². The van der Waals surface area contributed by atoms with Crippen LogP contribution in [-0.2, 0) is 14.4 Å². The normalized spacial score (nSPS) is 16.6. The maximum atomic E-state index is 14.6. The summed E-state index contributed by atoms with van der Waals surface area (Å²) in [5.41, 5.74) is 6.28. The monoisotopic (exact) mass is 401 g/mol. The van der Waals surface area contributed by atoms with Gasteiger partial charge in [0, 0.05) is 23.8 Å². The zero-order valence-corrected chi connectivity index (χ0v) is 16.3. The average molecular weight is 401 g/mol. The highest BCUT2D eigenvalue weighted by Gasteiger charge is 2.28. The van der Waals surface area contributed by atoms with E-state index in [9.17, 15) is 18.8 Å². The van der Waals surface area contributed by atoms with Crippen LogP contribution in [0.25, 0.3) is 0 Å². The molecule has 1 aliphatic heterocycles. The molecule has 3 N–H and O–H groups in total. The van der Waals surface area contributed by atoms with E-state index in [4.69, 9.17) is 10.5 Å². The number of fused-ring (bicyclic) bond motifs is 1. The number of benzene rings is 1. The molecule has 3 amide bonds. The molecule has 1 aromatic rings. The molecule has 1 aliphatic carbocycles. The first kappa shape index (κ1) is 20.6. The highest BCUT2D eigenvalue weighted by molar-refractivity contribution is 6.10. The van der Waals surface area contributed by atoms with E-state index in [0.717, 1.165) is 18.9 Å². The molecule has 0 bridgehead atoms. The Morgan fingerprint density at radius 3 is 2.69 bits per heavy atom. The first-order valence-corrected chi connectivity index (χ1v) is 9.63. The fourth-order valence-corrected chi connectivity index (χ4v) is 3.56. The Kier molecular flexibility index (Phi) is 6.31. The summed E-state index contributed by atoms with van der Waals surface area (Å²) in [6.07, 6.45) is 6.83. The molecular weight excluding hydrogens is 377 g/mol. The molecule has 0 atom stereocenters. The second-order valence-corrected chi connectivity index (χ2v) is 6.97. The minimum absolute atomic E-state index is 0.0787. The molecule has 0 unspecified atom stereocenters. The summed E-state index contributed by atoms with van der Waals surface area (Å²) in [5.74, 6) is -1.86. The highest BCUT2D eigenvalue weighted by atomic mass is 19.1. The molecular formula is C21H24FN3O4. The van der Waals surface area contributed by atoms with Gasteiger partial charge < -0.3 is 20.7 Å². The fourth-order valence-electron chi connectivity index (χ4n) is 3.56. The van der Waals surface area contributed by atoms with Gasteiger partial charge in [-0.3, -0.25) is 14.4 Å². The van der Waals surface area contributed by atoms with Gasteiger partial charge in [-0.25, -0.2) is 4.39 Å². The molecule has 2 aliphatic rings. The summed E-state index contributed by atoms with van der Waals surface area (Å²) >= 11 is 0. The number of primary amides is 1. The van der Waals surface area contributed by atoms with E-state index in [2.05, 4.69) is 5.32 Å². The molecule has 0 saturated heterocycles. The highest BCUT2D eigenvalue weighted by Crippen LogP contribution is 2.37. The SMILES string of the molecule is CC=CCCN1C(=O)COc2cc(F)c(NC(=O)C3=C(C(N)=O)CCCC3)cc21. The number of nitrogens with zero attached hydrogens (tertiary/aromatic N) is 1. The van der Waals surface area contributed by atoms with Crippen LogP contribution in [0.5, 0.6) is 5.75 Å². The quantitative estimate of drug-likeness (QED) is 0.716. The van der Waals surface area contributed by atoms with Crippen molar-refractivity contribution in [2.75, 3.05) is 23.4 Å². The number of nitrogens with one attached hydrogen (secondary N) is 1. The molecule has 154 valence electrons. The van der Waals surface area contributed by atoms with Crippen LogP contribution in [0.2, 0.25) is 0 Å². The lowest BCUT2D eigenvalue weighted by Crippen LogP contribution is -2.39. The molecule has 0 spiro atoms. The van der Waals surface area contributed by atoms with E-state index < -0.39 is 17.6 Å². The van der Waals surface area contributed by atoms with Crippen LogP contribution in [-0.4, -0.2) is 30.9 Å². The fraction of sp³-hybridized carbons (Fsp3) is 0.381. The topological polar surface area (TPSA) is 102 Å². The molecule has 0 saturated carbocycles. The number of carbonyl (C=O) groups excluding carboxylic acids is 3. The van der Waals surface area contributed by atoms with Crippen LogP contribution in [0.15, 0.2) is 35.4 Å². The molecule has 7 nitrogen and oxygen atoms in total. The van der Waals surface area contributed by atoms with Crippen LogP contribution in [0.3, 0.4) is 0 Å². The van der Waals surface area contributed by atoms with Gasteiger partial charge in [-0.15, -0.1) is 0 Å². The molecule has 0 radical (unpaired) electrons. The molecule has 1 aromatic carbocycles. The molecule has 0 aromatic heterocycles. The third kappa shape index (κ3) is 4.47. The van der Waals surface area contributed by atoms with Crippen LogP contribution >= 0.6 is 0 Å². The van der Waals surface area contributed by atoms with E-state index in [0.29, 0.717) is 37.1 Å². The number of anilines is 2. The van der Waals surface area contributed by atoms with Gasteiger partial charge in [-0.05, 0) is 45.1 Å². The van der Waals surface area contributed by atoms with E-state index >= 15 is 0 Å². The van der Waals surface area contributed by atoms with Crippen molar-refractivity contribution < 1.29 is 23.5 Å². The van der Waals surface area contributed by atoms with Gasteiger partial charge in [0.05, 0.1) is 11.4 Å². The zero-order chi connectivity index (χ0) is 21.0. The van der Waals surface area contributed by atoms with Gasteiger partial charge in [-0.1, -0.05) is 12.2 Å². The first-order chi connectivity index (χ1) is 13.9. The van der Waals surface area contributed by atoms with Crippen LogP contribution in [0.4, 0.5) is 15.8 Å². The van der Waals surface area contributed by atoms with Gasteiger partial charge >= 0.3 is 0 Å². The molecule has 3 rings (SSSR count). The van der Waals surface area contributed by atoms with Crippen LogP contribution < -0.4 is 20.7 Å². The summed E-state index contributed by atoms with van der Waals surface area (Å²) in [6, 6.07) is 2.55. The van der Waals surface area contributed by atoms with Gasteiger partial charge in [0.1, 0.15) is 5.75 Å². The standard InChI is InChI=1S/C21H24FN3O4/c1-2-3-6-9-25-17-11-16(15(22)10-18(17)29-12-19(25)26)24-21(28)14-8-5-4-7-13(14)20(23)27/h2-3,10-11H,4-9,12H2,1H3,(H2,23,27)(H,24,28). The smallest absolute Gasteiger partial charge is 0.265 e. The van der Waals surface area contributed by atoms with Gasteiger partial charge in [0.15, 0.2) is 12.4 Å². The lowest BCUT2D eigenvalue weighted by atomic mass is 9.90. The zero-order valence-electron chi connectivity index (χ0n) is 16.3. The van der Waals surface area contributed by atoms with Crippen molar-refractivity contribution in [3.8, 4) is 5.75 Å². The third-order valence-corrected chi connectivity index (χ3v) is 5.03. The van der Waals surface area contributed by atoms with Crippen LogP contribution in [0.1, 0.15) is 39.0 Å². The second kappa shape index (κ2) is 8.89. The van der Waals surface area contributed by atoms with E-state index in [1.807, 2.05) is 19.1 Å². The van der Waals surface area contributed by atoms with Crippen molar-refractivity contribution in [2.45, 2.75) is 39.0 Å². The number of nitrogens with two attached hydrogens (primary N) is 1. The average Bonchev–Trinajstić information content (AvgIpc) is 2.70. The van der Waals surface area contributed by atoms with Crippen molar-refractivity contribution >= 4 is 29.1 Å². The van der Waals surface area contributed by atoms with Crippen molar-refractivity contribution in [2.24, 2.45) is 5.73 Å². The van der Waals surface area contributed by atoms with Crippen molar-refractivity contribution in [1.29, 1.82) is 0 Å². The summed E-state index contributed by atoms with van der Waals surface area (Å²) in [4.78, 5) is 38.1. The summed E-state index contributed by atoms with van der Waals surface area (Å²) < 4.78 is 19.9. The van der Waals surface area contributed by atoms with E-state index in [-0.39, 0.29) is 29.5 Å². The first-order valence-electron chi connectivity index (χ1n) is 9.63. The molecule has 29 heavy (non-hydrogen) atoms. The molecule has 8 heteroatoms. The second-order valence-electron chi connectivity index (χ2n) is 6.97. The minimum Gasteiger partial charge on any atom is -0.481 e. The maximum absolute atomic E-state index is 14.6. The van der Waals surface area contributed by atoms with Crippen molar-refractivity contribution in [1.82, 2.24) is 0 Å². The molecule has 1 heterocycles. The molecule has 0 fully saturated rings. The van der Waals surface area contributed by atoms with Gasteiger partial charge in [0.25, 0.3) is 11.8 Å². The Hall–Kier alpha value is -3.16. The van der Waals surface area contributed by atoms with Gasteiger partial charge in [0.2, 0.25) is 5.91 Å². The lowest BCUT2D eigenvalue weighted by Gasteiger charge is -2.30. The van der Waals surface area contributed by atoms with Crippen LogP contribution in [0, 0.1) is 5.82 Å². The number of hydrogen-bond donors (Lipinski definition) is 2. The summed E-state index contributed by atoms with van der Waals surface area (Å²) in [7, 11) is 0. The number of hydrogen-bond acceptors (Lipinski definition) is 4. The Balaban J connectivity index is 1.90. The van der Waals surface area contributed by atoms with Gasteiger partial charge in [-0.2, -0.15) is 0 Å². The number of ether oxygens (including phenoxy) is 1. The maximum Gasteiger partial charge on any atom is 0.265 e. The minimum atomic E-state index is -0.683. The predicted molar refractivity (Wildman–Crippen MR) is 107 cm³/mol. The lowest BCUT2D eigenvalue weighted by molar-refractivity contribution is -0.121. The number of rotatable bonds is 6. The Morgan fingerprint density at radius 1 is 1.28 bits per heavy atom. The Bertz CT molecular complexity index is 907. The third-order valence-electron chi connectivity index (χ3n) is 5.03. The van der Waals surface area contributed by atoms with E-state index in [1.165, 1.54) is 11.0 Å². The summed E-state index contributed by atoms with van der Waals surface area (Å²) in [5, 5.41) is 2.53. The predicted octanol–water partition coefficient (Wildman–Crippen LogP) is 2.81. The summed E-state index contributed by atoms with van der Waals surface area (Å²) in [6.45, 7) is 2.14. The number of carbonyl (C=O) groups is 3. The largest absolute Gasteiger partial charge is 0.481 e.